The van der Waals surface area contributed by atoms with Crippen molar-refractivity contribution in [3.8, 4) is 44.7 Å². The zero-order valence-corrected chi connectivity index (χ0v) is 29.6. The van der Waals surface area contributed by atoms with Gasteiger partial charge in [-0.3, -0.25) is 0 Å². The number of para-hydroxylation sites is 2. The summed E-state index contributed by atoms with van der Waals surface area (Å²) in [6.45, 7) is 0. The van der Waals surface area contributed by atoms with Gasteiger partial charge in [0.2, 0.25) is 0 Å². The van der Waals surface area contributed by atoms with Crippen LogP contribution >= 0.6 is 0 Å². The maximum Gasteiger partial charge on any atom is 0.145 e. The molecule has 54 heavy (non-hydrogen) atoms. The lowest BCUT2D eigenvalue weighted by molar-refractivity contribution is 0.632. The maximum atomic E-state index is 6.82. The molecule has 0 saturated carbocycles. The van der Waals surface area contributed by atoms with E-state index >= 15 is 0 Å². The van der Waals surface area contributed by atoms with Crippen LogP contribution in [0.4, 0.5) is 17.1 Å². The zero-order valence-electron chi connectivity index (χ0n) is 29.6. The summed E-state index contributed by atoms with van der Waals surface area (Å²) in [6, 6.07) is 75.8. The van der Waals surface area contributed by atoms with E-state index in [-0.39, 0.29) is 0 Å². The van der Waals surface area contributed by atoms with Crippen molar-refractivity contribution < 1.29 is 4.42 Å². The summed E-state index contributed by atoms with van der Waals surface area (Å²) >= 11 is 0. The molecule has 0 fully saturated rings. The van der Waals surface area contributed by atoms with Gasteiger partial charge in [-0.1, -0.05) is 158 Å². The van der Waals surface area contributed by atoms with Crippen LogP contribution < -0.4 is 4.90 Å². The quantitative estimate of drug-likeness (QED) is 0.166. The summed E-state index contributed by atoms with van der Waals surface area (Å²) < 4.78 is 6.82. The standard InChI is InChI=1S/C52H35NO/c1-2-15-39(16-3-1)51-48-22-9-11-24-50(48)54-52(51)47-21-8-10-23-49(47)53(45-31-29-38(30-32-45)43-27-25-36-13-4-6-17-40(36)33-43)46-20-12-19-42(35-46)44-28-26-37-14-5-7-18-41(37)34-44/h1-35H. The van der Waals surface area contributed by atoms with Crippen LogP contribution in [-0.2, 0) is 0 Å². The molecule has 0 spiro atoms. The van der Waals surface area contributed by atoms with Gasteiger partial charge < -0.3 is 9.32 Å². The van der Waals surface area contributed by atoms with Crippen LogP contribution in [0.25, 0.3) is 77.2 Å². The first kappa shape index (κ1) is 31.6. The number of nitrogens with zero attached hydrogens (tertiary/aromatic N) is 1. The second-order valence-electron chi connectivity index (χ2n) is 13.7. The largest absolute Gasteiger partial charge is 0.455 e. The molecule has 0 aliphatic heterocycles. The lowest BCUT2D eigenvalue weighted by atomic mass is 9.96. The molecule has 0 aliphatic carbocycles. The molecule has 1 aromatic heterocycles. The summed E-state index contributed by atoms with van der Waals surface area (Å²) in [5.74, 6) is 0.849. The van der Waals surface area contributed by atoms with Crippen LogP contribution in [0.3, 0.4) is 0 Å². The molecule has 2 nitrogen and oxygen atoms in total. The number of rotatable bonds is 7. The fourth-order valence-electron chi connectivity index (χ4n) is 7.78. The Morgan fingerprint density at radius 1 is 0.333 bits per heavy atom. The topological polar surface area (TPSA) is 16.4 Å². The normalized spacial score (nSPS) is 11.3. The predicted molar refractivity (Wildman–Crippen MR) is 228 cm³/mol. The number of anilines is 3. The minimum atomic E-state index is 0.849. The Morgan fingerprint density at radius 2 is 0.889 bits per heavy atom. The monoisotopic (exact) mass is 689 g/mol. The van der Waals surface area contributed by atoms with Gasteiger partial charge in [0.25, 0.3) is 0 Å². The van der Waals surface area contributed by atoms with Gasteiger partial charge in [0.05, 0.1) is 5.69 Å². The second kappa shape index (κ2) is 13.4. The number of hydrogen-bond acceptors (Lipinski definition) is 2. The first-order valence-electron chi connectivity index (χ1n) is 18.4. The molecular formula is C52H35NO. The molecule has 0 aliphatic rings. The smallest absolute Gasteiger partial charge is 0.145 e. The number of hydrogen-bond donors (Lipinski definition) is 0. The van der Waals surface area contributed by atoms with Crippen molar-refractivity contribution in [2.24, 2.45) is 0 Å². The zero-order chi connectivity index (χ0) is 35.8. The van der Waals surface area contributed by atoms with Crippen molar-refractivity contribution in [1.29, 1.82) is 0 Å². The van der Waals surface area contributed by atoms with E-state index in [9.17, 15) is 0 Å². The highest BCUT2D eigenvalue weighted by Gasteiger charge is 2.24. The number of fused-ring (bicyclic) bond motifs is 3. The minimum Gasteiger partial charge on any atom is -0.455 e. The third kappa shape index (κ3) is 5.71. The van der Waals surface area contributed by atoms with Crippen LogP contribution in [-0.4, -0.2) is 0 Å². The number of furan rings is 1. The van der Waals surface area contributed by atoms with Crippen molar-refractivity contribution in [3.63, 3.8) is 0 Å². The fraction of sp³-hybridized carbons (Fsp3) is 0. The maximum absolute atomic E-state index is 6.82. The highest BCUT2D eigenvalue weighted by molar-refractivity contribution is 6.04. The molecule has 2 heteroatoms. The van der Waals surface area contributed by atoms with E-state index < -0.39 is 0 Å². The van der Waals surface area contributed by atoms with E-state index in [1.165, 1.54) is 38.2 Å². The van der Waals surface area contributed by atoms with Gasteiger partial charge in [-0.05, 0) is 104 Å². The van der Waals surface area contributed by atoms with E-state index in [1.54, 1.807) is 0 Å². The molecule has 0 atom stereocenters. The third-order valence-electron chi connectivity index (χ3n) is 10.4. The van der Waals surface area contributed by atoms with Crippen LogP contribution in [0.1, 0.15) is 0 Å². The highest BCUT2D eigenvalue weighted by Crippen LogP contribution is 2.47. The summed E-state index contributed by atoms with van der Waals surface area (Å²) in [4.78, 5) is 2.37. The molecule has 0 saturated heterocycles. The molecular weight excluding hydrogens is 655 g/mol. The Hall–Kier alpha value is -7.16. The summed E-state index contributed by atoms with van der Waals surface area (Å²) in [6.07, 6.45) is 0. The SMILES string of the molecule is c1ccc(-c2c(-c3ccccc3N(c3ccc(-c4ccc5ccccc5c4)cc3)c3cccc(-c4ccc5ccccc5c4)c3)oc3ccccc23)cc1. The van der Waals surface area contributed by atoms with Crippen molar-refractivity contribution in [3.05, 3.63) is 212 Å². The lowest BCUT2D eigenvalue weighted by Gasteiger charge is -2.28. The van der Waals surface area contributed by atoms with Crippen LogP contribution in [0, 0.1) is 0 Å². The first-order valence-corrected chi connectivity index (χ1v) is 18.4. The first-order chi connectivity index (χ1) is 26.8. The van der Waals surface area contributed by atoms with E-state index in [2.05, 4.69) is 211 Å². The summed E-state index contributed by atoms with van der Waals surface area (Å²) in [7, 11) is 0. The highest BCUT2D eigenvalue weighted by atomic mass is 16.3. The Morgan fingerprint density at radius 3 is 1.63 bits per heavy atom. The van der Waals surface area contributed by atoms with Crippen molar-refractivity contribution >= 4 is 49.6 Å². The van der Waals surface area contributed by atoms with Crippen LogP contribution in [0.2, 0.25) is 0 Å². The number of benzene rings is 9. The molecule has 0 N–H and O–H groups in total. The van der Waals surface area contributed by atoms with Gasteiger partial charge in [0, 0.05) is 27.9 Å². The van der Waals surface area contributed by atoms with E-state index in [0.717, 1.165) is 56.0 Å². The average Bonchev–Trinajstić information content (AvgIpc) is 3.64. The predicted octanol–water partition coefficient (Wildman–Crippen LogP) is 14.9. The van der Waals surface area contributed by atoms with Gasteiger partial charge in [0.15, 0.2) is 0 Å². The van der Waals surface area contributed by atoms with Crippen molar-refractivity contribution in [2.45, 2.75) is 0 Å². The van der Waals surface area contributed by atoms with Gasteiger partial charge in [-0.15, -0.1) is 0 Å². The van der Waals surface area contributed by atoms with E-state index in [4.69, 9.17) is 4.42 Å². The van der Waals surface area contributed by atoms with Gasteiger partial charge in [0.1, 0.15) is 11.3 Å². The molecule has 0 amide bonds. The Kier molecular flexibility index (Phi) is 7.85. The molecule has 1 heterocycles. The molecule has 0 unspecified atom stereocenters. The molecule has 0 bridgehead atoms. The van der Waals surface area contributed by atoms with Gasteiger partial charge in [-0.25, -0.2) is 0 Å². The molecule has 9 aromatic carbocycles. The fourth-order valence-corrected chi connectivity index (χ4v) is 7.78. The van der Waals surface area contributed by atoms with Crippen LogP contribution in [0.5, 0.6) is 0 Å². The van der Waals surface area contributed by atoms with Crippen molar-refractivity contribution in [1.82, 2.24) is 0 Å². The van der Waals surface area contributed by atoms with Gasteiger partial charge in [-0.2, -0.15) is 0 Å². The molecule has 254 valence electrons. The third-order valence-corrected chi connectivity index (χ3v) is 10.4. The molecule has 0 radical (unpaired) electrons. The second-order valence-corrected chi connectivity index (χ2v) is 13.7. The minimum absolute atomic E-state index is 0.849. The molecule has 10 rings (SSSR count). The van der Waals surface area contributed by atoms with Crippen molar-refractivity contribution in [2.75, 3.05) is 4.90 Å². The molecule has 10 aromatic rings. The Balaban J connectivity index is 1.16. The lowest BCUT2D eigenvalue weighted by Crippen LogP contribution is -2.11. The Bertz CT molecular complexity index is 2940. The summed E-state index contributed by atoms with van der Waals surface area (Å²) in [5.41, 5.74) is 11.9. The van der Waals surface area contributed by atoms with Crippen LogP contribution in [0.15, 0.2) is 217 Å². The Labute approximate surface area is 314 Å². The summed E-state index contributed by atoms with van der Waals surface area (Å²) in [5, 5.41) is 6.04. The van der Waals surface area contributed by atoms with Gasteiger partial charge >= 0.3 is 0 Å². The average molecular weight is 690 g/mol. The van der Waals surface area contributed by atoms with E-state index in [0.29, 0.717) is 0 Å². The van der Waals surface area contributed by atoms with E-state index in [1.807, 2.05) is 6.07 Å².